The Balaban J connectivity index is 3.03. The van der Waals surface area contributed by atoms with E-state index in [2.05, 4.69) is 0 Å². The van der Waals surface area contributed by atoms with Gasteiger partial charge in [-0.25, -0.2) is 4.79 Å². The first kappa shape index (κ1) is 16.3. The maximum absolute atomic E-state index is 12.5. The van der Waals surface area contributed by atoms with Gasteiger partial charge in [0, 0.05) is 0 Å². The van der Waals surface area contributed by atoms with E-state index in [4.69, 9.17) is 16.3 Å². The van der Waals surface area contributed by atoms with Crippen molar-refractivity contribution in [2.45, 2.75) is 13.1 Å². The molecule has 2 nitrogen and oxygen atoms in total. The van der Waals surface area contributed by atoms with Crippen LogP contribution in [0.5, 0.6) is 0 Å². The van der Waals surface area contributed by atoms with E-state index in [1.807, 2.05) is 0 Å². The van der Waals surface area contributed by atoms with Crippen molar-refractivity contribution in [3.63, 3.8) is 0 Å². The molecule has 19 heavy (non-hydrogen) atoms. The number of benzene rings is 1. The van der Waals surface area contributed by atoms with Gasteiger partial charge in [-0.05, 0) is 47.2 Å². The molecule has 0 aliphatic heterocycles. The minimum absolute atomic E-state index is 0.191. The molecule has 0 fully saturated rings. The second kappa shape index (κ2) is 6.60. The van der Waals surface area contributed by atoms with Crippen molar-refractivity contribution in [2.75, 3.05) is 6.61 Å². The molecule has 1 aromatic carbocycles. The molecule has 0 atom stereocenters. The van der Waals surface area contributed by atoms with E-state index >= 15 is 0 Å². The number of halogens is 5. The van der Waals surface area contributed by atoms with Crippen molar-refractivity contribution in [3.8, 4) is 0 Å². The number of rotatable bonds is 3. The van der Waals surface area contributed by atoms with Crippen molar-refractivity contribution in [3.05, 3.63) is 39.0 Å². The monoisotopic (exact) mass is 404 g/mol. The van der Waals surface area contributed by atoms with Gasteiger partial charge in [-0.2, -0.15) is 13.2 Å². The summed E-state index contributed by atoms with van der Waals surface area (Å²) in [6.45, 7) is 1.89. The normalized spacial score (nSPS) is 12.9. The number of esters is 1. The number of carbonyl (C=O) groups is 1. The van der Waals surface area contributed by atoms with Crippen molar-refractivity contribution < 1.29 is 22.7 Å². The average molecular weight is 405 g/mol. The van der Waals surface area contributed by atoms with Gasteiger partial charge in [0.2, 0.25) is 0 Å². The van der Waals surface area contributed by atoms with Crippen molar-refractivity contribution in [2.24, 2.45) is 0 Å². The third-order valence-electron chi connectivity index (χ3n) is 2.09. The summed E-state index contributed by atoms with van der Waals surface area (Å²) in [4.78, 5) is 11.4. The molecule has 1 aromatic rings. The van der Waals surface area contributed by atoms with Gasteiger partial charge < -0.3 is 4.74 Å². The molecule has 0 aliphatic carbocycles. The number of alkyl halides is 3. The number of allylic oxidation sites excluding steroid dienone is 1. The van der Waals surface area contributed by atoms with Crippen LogP contribution in [0.3, 0.4) is 0 Å². The first-order valence-electron chi connectivity index (χ1n) is 5.17. The Bertz CT molecular complexity index is 495. The lowest BCUT2D eigenvalue weighted by molar-refractivity contribution is -0.0810. The summed E-state index contributed by atoms with van der Waals surface area (Å²) < 4.78 is 41.3. The van der Waals surface area contributed by atoms with Gasteiger partial charge in [-0.15, -0.1) is 0 Å². The SMILES string of the molecule is CCOC(=O)c1ccc(/C(Cl)=C(\I)C(F)(F)F)cc1. The van der Waals surface area contributed by atoms with Crippen LogP contribution < -0.4 is 0 Å². The predicted octanol–water partition coefficient (Wildman–Crippen LogP) is 4.77. The zero-order chi connectivity index (χ0) is 14.6. The lowest BCUT2D eigenvalue weighted by atomic mass is 10.1. The molecule has 0 spiro atoms. The van der Waals surface area contributed by atoms with Gasteiger partial charge in [0.1, 0.15) is 3.58 Å². The molecule has 0 bridgehead atoms. The Kier molecular flexibility index (Phi) is 5.66. The fourth-order valence-corrected chi connectivity index (χ4v) is 1.76. The Hall–Kier alpha value is -0.760. The molecular formula is C12H9ClF3IO2. The van der Waals surface area contributed by atoms with E-state index in [0.717, 1.165) is 22.6 Å². The van der Waals surface area contributed by atoms with Gasteiger partial charge in [-0.1, -0.05) is 23.7 Å². The quantitative estimate of drug-likeness (QED) is 0.536. The van der Waals surface area contributed by atoms with E-state index in [1.54, 1.807) is 6.92 Å². The van der Waals surface area contributed by atoms with Crippen molar-refractivity contribution in [1.29, 1.82) is 0 Å². The molecule has 0 aliphatic rings. The topological polar surface area (TPSA) is 26.3 Å². The molecular weight excluding hydrogens is 395 g/mol. The predicted molar refractivity (Wildman–Crippen MR) is 75.2 cm³/mol. The van der Waals surface area contributed by atoms with Gasteiger partial charge >= 0.3 is 12.1 Å². The van der Waals surface area contributed by atoms with Gasteiger partial charge in [0.05, 0.1) is 17.2 Å². The van der Waals surface area contributed by atoms with Crippen LogP contribution in [0.2, 0.25) is 0 Å². The Labute approximate surface area is 126 Å². The first-order valence-corrected chi connectivity index (χ1v) is 6.63. The highest BCUT2D eigenvalue weighted by atomic mass is 127. The largest absolute Gasteiger partial charge is 0.462 e. The summed E-state index contributed by atoms with van der Waals surface area (Å²) in [6.07, 6.45) is -4.49. The smallest absolute Gasteiger partial charge is 0.423 e. The minimum Gasteiger partial charge on any atom is -0.462 e. The molecule has 0 radical (unpaired) electrons. The van der Waals surface area contributed by atoms with E-state index < -0.39 is 20.8 Å². The minimum atomic E-state index is -4.49. The molecule has 0 saturated heterocycles. The molecule has 7 heteroatoms. The van der Waals surface area contributed by atoms with E-state index in [1.165, 1.54) is 24.3 Å². The maximum atomic E-state index is 12.5. The number of ether oxygens (including phenoxy) is 1. The highest BCUT2D eigenvalue weighted by Crippen LogP contribution is 2.38. The second-order valence-electron chi connectivity index (χ2n) is 3.42. The Morgan fingerprint density at radius 1 is 1.26 bits per heavy atom. The molecule has 104 valence electrons. The van der Waals surface area contributed by atoms with Crippen LogP contribution in [0.15, 0.2) is 27.8 Å². The van der Waals surface area contributed by atoms with Crippen LogP contribution in [-0.4, -0.2) is 18.8 Å². The summed E-state index contributed by atoms with van der Waals surface area (Å²) in [5, 5.41) is -0.400. The summed E-state index contributed by atoms with van der Waals surface area (Å²) in [7, 11) is 0. The second-order valence-corrected chi connectivity index (χ2v) is 4.88. The van der Waals surface area contributed by atoms with Crippen LogP contribution >= 0.6 is 34.2 Å². The summed E-state index contributed by atoms with van der Waals surface area (Å²) >= 11 is 6.81. The summed E-state index contributed by atoms with van der Waals surface area (Å²) in [5.74, 6) is -0.528. The average Bonchev–Trinajstić information content (AvgIpc) is 2.36. The van der Waals surface area contributed by atoms with Crippen molar-refractivity contribution in [1.82, 2.24) is 0 Å². The van der Waals surface area contributed by atoms with Crippen LogP contribution in [-0.2, 0) is 4.74 Å². The van der Waals surface area contributed by atoms with Crippen LogP contribution in [0.4, 0.5) is 13.2 Å². The fourth-order valence-electron chi connectivity index (χ4n) is 1.22. The zero-order valence-corrected chi connectivity index (χ0v) is 12.6. The number of hydrogen-bond donors (Lipinski definition) is 0. The fraction of sp³-hybridized carbons (Fsp3) is 0.250. The van der Waals surface area contributed by atoms with Crippen LogP contribution in [0.1, 0.15) is 22.8 Å². The Morgan fingerprint density at radius 2 is 1.74 bits per heavy atom. The summed E-state index contributed by atoms with van der Waals surface area (Å²) in [5.41, 5.74) is 0.452. The molecule has 1 rings (SSSR count). The van der Waals surface area contributed by atoms with Crippen molar-refractivity contribution >= 4 is 45.2 Å². The summed E-state index contributed by atoms with van der Waals surface area (Å²) in [6, 6.07) is 5.43. The molecule has 0 saturated carbocycles. The molecule has 0 N–H and O–H groups in total. The molecule has 0 aromatic heterocycles. The van der Waals surface area contributed by atoms with Gasteiger partial charge in [-0.3, -0.25) is 0 Å². The molecule has 0 unspecified atom stereocenters. The third kappa shape index (κ3) is 4.38. The number of hydrogen-bond acceptors (Lipinski definition) is 2. The van der Waals surface area contributed by atoms with E-state index in [-0.39, 0.29) is 17.7 Å². The first-order chi connectivity index (χ1) is 8.77. The molecule has 0 amide bonds. The lowest BCUT2D eigenvalue weighted by Crippen LogP contribution is -2.08. The maximum Gasteiger partial charge on any atom is 0.423 e. The highest BCUT2D eigenvalue weighted by molar-refractivity contribution is 14.1. The highest BCUT2D eigenvalue weighted by Gasteiger charge is 2.34. The third-order valence-corrected chi connectivity index (χ3v) is 3.97. The molecule has 0 heterocycles. The lowest BCUT2D eigenvalue weighted by Gasteiger charge is -2.09. The van der Waals surface area contributed by atoms with Gasteiger partial charge in [0.15, 0.2) is 0 Å². The standard InChI is InChI=1S/C12H9ClF3IO2/c1-2-19-11(18)8-5-3-7(4-6-8)9(13)10(17)12(14,15)16/h3-6H,2H2,1H3/b10-9+. The zero-order valence-electron chi connectivity index (χ0n) is 9.72. The Morgan fingerprint density at radius 3 is 2.16 bits per heavy atom. The van der Waals surface area contributed by atoms with E-state index in [0.29, 0.717) is 0 Å². The van der Waals surface area contributed by atoms with Crippen LogP contribution in [0, 0.1) is 0 Å². The van der Waals surface area contributed by atoms with Gasteiger partial charge in [0.25, 0.3) is 0 Å². The van der Waals surface area contributed by atoms with Crippen LogP contribution in [0.25, 0.3) is 5.03 Å². The number of carbonyl (C=O) groups excluding carboxylic acids is 1. The van der Waals surface area contributed by atoms with E-state index in [9.17, 15) is 18.0 Å².